The van der Waals surface area contributed by atoms with Crippen molar-refractivity contribution >= 4 is 5.97 Å². The zero-order valence-corrected chi connectivity index (χ0v) is 11.3. The maximum Gasteiger partial charge on any atom is 0.305 e. The number of aliphatic carboxylic acids is 1. The molecule has 0 fully saturated rings. The second-order valence-electron chi connectivity index (χ2n) is 5.01. The Kier molecular flexibility index (Phi) is 5.74. The lowest BCUT2D eigenvalue weighted by atomic mass is 10.1. The van der Waals surface area contributed by atoms with Crippen LogP contribution < -0.4 is 0 Å². The minimum atomic E-state index is -0.807. The third kappa shape index (κ3) is 4.43. The summed E-state index contributed by atoms with van der Waals surface area (Å²) in [5.41, 5.74) is 0. The van der Waals surface area contributed by atoms with Crippen molar-refractivity contribution in [2.75, 3.05) is 0 Å². The smallest absolute Gasteiger partial charge is 0.305 e. The molecule has 6 heteroatoms. The average molecular weight is 254 g/mol. The van der Waals surface area contributed by atoms with Crippen molar-refractivity contribution in [3.05, 3.63) is 5.82 Å². The van der Waals surface area contributed by atoms with Gasteiger partial charge in [0, 0.05) is 6.42 Å². The summed E-state index contributed by atoms with van der Waals surface area (Å²) in [6, 6.07) is -0.135. The van der Waals surface area contributed by atoms with Crippen LogP contribution in [-0.4, -0.2) is 31.3 Å². The zero-order valence-electron chi connectivity index (χ0n) is 11.3. The summed E-state index contributed by atoms with van der Waals surface area (Å²) in [6.45, 7) is 6.33. The number of hydrogen-bond donors (Lipinski definition) is 1. The molecule has 0 aliphatic rings. The van der Waals surface area contributed by atoms with Crippen LogP contribution in [-0.2, 0) is 11.2 Å². The number of aryl methyl sites for hydroxylation is 1. The molecule has 1 aromatic rings. The van der Waals surface area contributed by atoms with Crippen LogP contribution in [0, 0.1) is 5.92 Å². The molecule has 0 aromatic carbocycles. The molecule has 1 heterocycles. The molecule has 0 amide bonds. The number of carbonyl (C=O) groups is 1. The van der Waals surface area contributed by atoms with Gasteiger partial charge in [-0.3, -0.25) is 4.79 Å². The van der Waals surface area contributed by atoms with E-state index in [4.69, 9.17) is 5.11 Å². The highest BCUT2D eigenvalue weighted by atomic mass is 16.4. The monoisotopic (exact) mass is 254 g/mol. The van der Waals surface area contributed by atoms with Gasteiger partial charge in [-0.25, -0.2) is 4.68 Å². The molecule has 0 aliphatic carbocycles. The summed E-state index contributed by atoms with van der Waals surface area (Å²) in [7, 11) is 0. The van der Waals surface area contributed by atoms with Crippen LogP contribution in [0.1, 0.15) is 58.3 Å². The predicted molar refractivity (Wildman–Crippen MR) is 67.2 cm³/mol. The van der Waals surface area contributed by atoms with Crippen molar-refractivity contribution in [1.82, 2.24) is 20.2 Å². The highest BCUT2D eigenvalue weighted by Gasteiger charge is 2.19. The molecule has 0 spiro atoms. The maximum atomic E-state index is 10.9. The van der Waals surface area contributed by atoms with E-state index in [0.29, 0.717) is 5.92 Å². The van der Waals surface area contributed by atoms with E-state index in [1.807, 2.05) is 6.92 Å². The first kappa shape index (κ1) is 14.6. The Morgan fingerprint density at radius 1 is 1.39 bits per heavy atom. The molecule has 0 saturated heterocycles. The number of rotatable bonds is 8. The molecule has 102 valence electrons. The second-order valence-corrected chi connectivity index (χ2v) is 5.01. The van der Waals surface area contributed by atoms with Crippen molar-refractivity contribution in [1.29, 1.82) is 0 Å². The molecule has 1 atom stereocenters. The van der Waals surface area contributed by atoms with Crippen molar-refractivity contribution in [2.24, 2.45) is 5.92 Å². The zero-order chi connectivity index (χ0) is 13.5. The summed E-state index contributed by atoms with van der Waals surface area (Å²) >= 11 is 0. The van der Waals surface area contributed by atoms with Crippen LogP contribution in [0.2, 0.25) is 0 Å². The number of nitrogens with zero attached hydrogens (tertiary/aromatic N) is 4. The predicted octanol–water partition coefficient (Wildman–Crippen LogP) is 2.08. The van der Waals surface area contributed by atoms with Crippen LogP contribution in [0.5, 0.6) is 0 Å². The Bertz CT molecular complexity index is 376. The molecule has 18 heavy (non-hydrogen) atoms. The lowest BCUT2D eigenvalue weighted by Gasteiger charge is -2.15. The minimum absolute atomic E-state index is 0.0769. The average Bonchev–Trinajstić information content (AvgIpc) is 2.73. The third-order valence-corrected chi connectivity index (χ3v) is 2.88. The summed E-state index contributed by atoms with van der Waals surface area (Å²) < 4.78 is 1.69. The molecular formula is C12H22N4O2. The lowest BCUT2D eigenvalue weighted by molar-refractivity contribution is -0.138. The first-order valence-corrected chi connectivity index (χ1v) is 6.53. The number of carboxylic acid groups (broad SMARTS) is 1. The quantitative estimate of drug-likeness (QED) is 0.768. The highest BCUT2D eigenvalue weighted by Crippen LogP contribution is 2.19. The SMILES string of the molecule is CCCC(CC(=O)O)n1nnnc1CCC(C)C. The number of aromatic nitrogens is 4. The minimum Gasteiger partial charge on any atom is -0.481 e. The fourth-order valence-corrected chi connectivity index (χ4v) is 1.92. The molecule has 1 unspecified atom stereocenters. The lowest BCUT2D eigenvalue weighted by Crippen LogP contribution is -2.18. The Morgan fingerprint density at radius 3 is 2.67 bits per heavy atom. The van der Waals surface area contributed by atoms with Gasteiger partial charge in [-0.15, -0.1) is 5.10 Å². The molecule has 0 radical (unpaired) electrons. The standard InChI is InChI=1S/C12H22N4O2/c1-4-5-10(8-12(17)18)16-11(13-14-15-16)7-6-9(2)3/h9-10H,4-8H2,1-3H3,(H,17,18). The van der Waals surface area contributed by atoms with Crippen LogP contribution in [0.25, 0.3) is 0 Å². The molecule has 0 bridgehead atoms. The number of tetrazole rings is 1. The molecule has 1 rings (SSSR count). The van der Waals surface area contributed by atoms with Gasteiger partial charge in [0.1, 0.15) is 0 Å². The van der Waals surface area contributed by atoms with Gasteiger partial charge in [-0.1, -0.05) is 27.2 Å². The van der Waals surface area contributed by atoms with Crippen molar-refractivity contribution < 1.29 is 9.90 Å². The van der Waals surface area contributed by atoms with Gasteiger partial charge in [0.05, 0.1) is 12.5 Å². The van der Waals surface area contributed by atoms with E-state index < -0.39 is 5.97 Å². The summed E-state index contributed by atoms with van der Waals surface area (Å²) in [6.07, 6.45) is 3.58. The van der Waals surface area contributed by atoms with Gasteiger partial charge >= 0.3 is 5.97 Å². The van der Waals surface area contributed by atoms with E-state index in [-0.39, 0.29) is 12.5 Å². The molecular weight excluding hydrogens is 232 g/mol. The fraction of sp³-hybridized carbons (Fsp3) is 0.833. The highest BCUT2D eigenvalue weighted by molar-refractivity contribution is 5.67. The first-order valence-electron chi connectivity index (χ1n) is 6.53. The van der Waals surface area contributed by atoms with Gasteiger partial charge < -0.3 is 5.11 Å². The second kappa shape index (κ2) is 7.08. The Morgan fingerprint density at radius 2 is 2.11 bits per heavy atom. The van der Waals surface area contributed by atoms with Gasteiger partial charge in [0.2, 0.25) is 0 Å². The Labute approximate surface area is 107 Å². The first-order chi connectivity index (χ1) is 8.54. The van der Waals surface area contributed by atoms with E-state index in [9.17, 15) is 4.79 Å². The van der Waals surface area contributed by atoms with Crippen LogP contribution in [0.3, 0.4) is 0 Å². The Hall–Kier alpha value is -1.46. The summed E-state index contributed by atoms with van der Waals surface area (Å²) in [4.78, 5) is 10.9. The van der Waals surface area contributed by atoms with Gasteiger partial charge in [0.15, 0.2) is 5.82 Å². The molecule has 1 aromatic heterocycles. The Balaban J connectivity index is 2.77. The normalized spacial score (nSPS) is 12.9. The molecule has 6 nitrogen and oxygen atoms in total. The van der Waals surface area contributed by atoms with Crippen molar-refractivity contribution in [2.45, 2.75) is 58.9 Å². The van der Waals surface area contributed by atoms with Crippen LogP contribution in [0.15, 0.2) is 0 Å². The fourth-order valence-electron chi connectivity index (χ4n) is 1.92. The largest absolute Gasteiger partial charge is 0.481 e. The van der Waals surface area contributed by atoms with E-state index in [1.54, 1.807) is 4.68 Å². The summed E-state index contributed by atoms with van der Waals surface area (Å²) in [5.74, 6) is 0.571. The number of carboxylic acids is 1. The third-order valence-electron chi connectivity index (χ3n) is 2.88. The van der Waals surface area contributed by atoms with Crippen molar-refractivity contribution in [3.8, 4) is 0 Å². The van der Waals surface area contributed by atoms with E-state index >= 15 is 0 Å². The van der Waals surface area contributed by atoms with Gasteiger partial charge in [-0.05, 0) is 29.2 Å². The maximum absolute atomic E-state index is 10.9. The van der Waals surface area contributed by atoms with Crippen LogP contribution in [0.4, 0.5) is 0 Å². The molecule has 0 saturated carbocycles. The van der Waals surface area contributed by atoms with E-state index in [2.05, 4.69) is 29.4 Å². The van der Waals surface area contributed by atoms with E-state index in [1.165, 1.54) is 0 Å². The van der Waals surface area contributed by atoms with Crippen LogP contribution >= 0.6 is 0 Å². The number of hydrogen-bond acceptors (Lipinski definition) is 4. The van der Waals surface area contributed by atoms with Crippen molar-refractivity contribution in [3.63, 3.8) is 0 Å². The van der Waals surface area contributed by atoms with E-state index in [0.717, 1.165) is 31.5 Å². The summed E-state index contributed by atoms with van der Waals surface area (Å²) in [5, 5.41) is 20.6. The van der Waals surface area contributed by atoms with Gasteiger partial charge in [-0.2, -0.15) is 0 Å². The topological polar surface area (TPSA) is 80.9 Å². The van der Waals surface area contributed by atoms with Gasteiger partial charge in [0.25, 0.3) is 0 Å². The molecule has 1 N–H and O–H groups in total. The molecule has 0 aliphatic heterocycles.